The molecule has 106 valence electrons. The number of hydrogen-bond donors (Lipinski definition) is 1. The molecule has 0 saturated carbocycles. The van der Waals surface area contributed by atoms with Crippen molar-refractivity contribution in [3.8, 4) is 0 Å². The van der Waals surface area contributed by atoms with Gasteiger partial charge in [0, 0.05) is 11.1 Å². The van der Waals surface area contributed by atoms with E-state index in [4.69, 9.17) is 5.11 Å². The van der Waals surface area contributed by atoms with E-state index in [0.717, 1.165) is 5.69 Å². The van der Waals surface area contributed by atoms with Crippen molar-refractivity contribution < 1.29 is 23.1 Å². The van der Waals surface area contributed by atoms with Crippen LogP contribution in [0.25, 0.3) is 10.9 Å². The Bertz CT molecular complexity index is 652. The van der Waals surface area contributed by atoms with Crippen LogP contribution in [0.2, 0.25) is 0 Å². The average molecular weight is 283 g/mol. The highest BCUT2D eigenvalue weighted by molar-refractivity contribution is 5.80. The predicted molar refractivity (Wildman–Crippen MR) is 67.5 cm³/mol. The van der Waals surface area contributed by atoms with Gasteiger partial charge in [0.2, 0.25) is 0 Å². The first-order valence-electron chi connectivity index (χ1n) is 5.93. The first-order valence-corrected chi connectivity index (χ1v) is 5.93. The normalized spacial score (nSPS) is 13.4. The van der Waals surface area contributed by atoms with E-state index in [2.05, 4.69) is 4.98 Å². The van der Waals surface area contributed by atoms with E-state index < -0.39 is 24.5 Å². The maximum atomic E-state index is 13.0. The van der Waals surface area contributed by atoms with Crippen LogP contribution in [0.15, 0.2) is 30.3 Å². The summed E-state index contributed by atoms with van der Waals surface area (Å²) in [6.45, 7) is 1.79. The molecule has 1 heterocycles. The third kappa shape index (κ3) is 3.07. The third-order valence-corrected chi connectivity index (χ3v) is 3.03. The second-order valence-electron chi connectivity index (χ2n) is 4.60. The Morgan fingerprint density at radius 3 is 2.60 bits per heavy atom. The molecule has 0 aliphatic heterocycles. The van der Waals surface area contributed by atoms with Crippen molar-refractivity contribution in [3.63, 3.8) is 0 Å². The molecule has 1 aromatic carbocycles. The number of carboxylic acid groups (broad SMARTS) is 1. The lowest BCUT2D eigenvalue weighted by Crippen LogP contribution is -2.23. The molecular formula is C14H12F3NO2. The molecule has 1 atom stereocenters. The van der Waals surface area contributed by atoms with Gasteiger partial charge in [0.1, 0.15) is 0 Å². The van der Waals surface area contributed by atoms with Crippen molar-refractivity contribution in [2.45, 2.75) is 25.4 Å². The Morgan fingerprint density at radius 1 is 1.30 bits per heavy atom. The van der Waals surface area contributed by atoms with Crippen LogP contribution in [0.4, 0.5) is 13.2 Å². The smallest absolute Gasteiger partial charge is 0.396 e. The van der Waals surface area contributed by atoms with Gasteiger partial charge in [-0.15, -0.1) is 0 Å². The summed E-state index contributed by atoms with van der Waals surface area (Å²) < 4.78 is 38.9. The average Bonchev–Trinajstić information content (AvgIpc) is 2.34. The van der Waals surface area contributed by atoms with E-state index in [1.807, 2.05) is 0 Å². The van der Waals surface area contributed by atoms with Gasteiger partial charge in [0.25, 0.3) is 0 Å². The summed E-state index contributed by atoms with van der Waals surface area (Å²) in [5, 5.41) is 9.21. The van der Waals surface area contributed by atoms with E-state index >= 15 is 0 Å². The highest BCUT2D eigenvalue weighted by atomic mass is 19.4. The Labute approximate surface area is 113 Å². The minimum Gasteiger partial charge on any atom is -0.481 e. The van der Waals surface area contributed by atoms with Gasteiger partial charge in [-0.3, -0.25) is 9.78 Å². The number of pyridine rings is 1. The fraction of sp³-hybridized carbons (Fsp3) is 0.286. The van der Waals surface area contributed by atoms with Gasteiger partial charge < -0.3 is 5.11 Å². The standard InChI is InChI=1S/C14H12F3NO2/c1-8-2-3-10-6-9(4-5-12(10)18-8)11(7-13(19)20)14(15,16)17/h2-6,11H,7H2,1H3,(H,19,20). The monoisotopic (exact) mass is 283 g/mol. The van der Waals surface area contributed by atoms with Gasteiger partial charge in [-0.25, -0.2) is 0 Å². The van der Waals surface area contributed by atoms with Crippen molar-refractivity contribution in [1.29, 1.82) is 0 Å². The predicted octanol–water partition coefficient (Wildman–Crippen LogP) is 3.66. The highest BCUT2D eigenvalue weighted by Gasteiger charge is 2.42. The summed E-state index contributed by atoms with van der Waals surface area (Å²) in [6, 6.07) is 7.50. The number of rotatable bonds is 3. The molecule has 0 bridgehead atoms. The molecule has 0 aliphatic rings. The first kappa shape index (κ1) is 14.3. The van der Waals surface area contributed by atoms with E-state index in [1.54, 1.807) is 19.1 Å². The zero-order chi connectivity index (χ0) is 14.9. The van der Waals surface area contributed by atoms with Crippen molar-refractivity contribution in [2.75, 3.05) is 0 Å². The molecule has 1 aromatic heterocycles. The van der Waals surface area contributed by atoms with Gasteiger partial charge in [-0.2, -0.15) is 13.2 Å². The van der Waals surface area contributed by atoms with E-state index in [-0.39, 0.29) is 5.56 Å². The number of aromatic nitrogens is 1. The zero-order valence-electron chi connectivity index (χ0n) is 10.6. The Kier molecular flexibility index (Phi) is 3.65. The number of carbonyl (C=O) groups is 1. The third-order valence-electron chi connectivity index (χ3n) is 3.03. The number of halogens is 3. The molecule has 1 unspecified atom stereocenters. The van der Waals surface area contributed by atoms with Crippen LogP contribution in [0, 0.1) is 6.92 Å². The number of fused-ring (bicyclic) bond motifs is 1. The fourth-order valence-electron chi connectivity index (χ4n) is 2.06. The Morgan fingerprint density at radius 2 is 2.00 bits per heavy atom. The number of hydrogen-bond acceptors (Lipinski definition) is 2. The second kappa shape index (κ2) is 5.11. The number of carboxylic acids is 1. The topological polar surface area (TPSA) is 50.2 Å². The van der Waals surface area contributed by atoms with Gasteiger partial charge in [-0.1, -0.05) is 12.1 Å². The van der Waals surface area contributed by atoms with Crippen molar-refractivity contribution >= 4 is 16.9 Å². The van der Waals surface area contributed by atoms with Gasteiger partial charge in [0.05, 0.1) is 17.9 Å². The largest absolute Gasteiger partial charge is 0.481 e. The summed E-state index contributed by atoms with van der Waals surface area (Å²) in [6.07, 6.45) is -5.57. The lowest BCUT2D eigenvalue weighted by atomic mass is 9.94. The Balaban J connectivity index is 2.48. The zero-order valence-corrected chi connectivity index (χ0v) is 10.6. The van der Waals surface area contributed by atoms with Crippen molar-refractivity contribution in [1.82, 2.24) is 4.98 Å². The second-order valence-corrected chi connectivity index (χ2v) is 4.60. The van der Waals surface area contributed by atoms with E-state index in [1.165, 1.54) is 18.2 Å². The fourth-order valence-corrected chi connectivity index (χ4v) is 2.06. The number of aliphatic carboxylic acids is 1. The lowest BCUT2D eigenvalue weighted by molar-refractivity contribution is -0.163. The molecule has 6 heteroatoms. The molecule has 0 saturated heterocycles. The van der Waals surface area contributed by atoms with Crippen LogP contribution in [0.1, 0.15) is 23.6 Å². The number of nitrogens with zero attached hydrogens (tertiary/aromatic N) is 1. The lowest BCUT2D eigenvalue weighted by Gasteiger charge is -2.19. The summed E-state index contributed by atoms with van der Waals surface area (Å²) in [5.41, 5.74) is 1.30. The molecule has 2 aromatic rings. The molecule has 0 fully saturated rings. The maximum Gasteiger partial charge on any atom is 0.396 e. The van der Waals surface area contributed by atoms with E-state index in [9.17, 15) is 18.0 Å². The highest BCUT2D eigenvalue weighted by Crippen LogP contribution is 2.38. The number of benzene rings is 1. The minimum atomic E-state index is -4.59. The molecule has 1 N–H and O–H groups in total. The Hall–Kier alpha value is -2.11. The molecule has 0 spiro atoms. The van der Waals surface area contributed by atoms with Crippen LogP contribution in [-0.2, 0) is 4.79 Å². The van der Waals surface area contributed by atoms with Crippen LogP contribution < -0.4 is 0 Å². The summed E-state index contributed by atoms with van der Waals surface area (Å²) >= 11 is 0. The summed E-state index contributed by atoms with van der Waals surface area (Å²) in [7, 11) is 0. The molecule has 0 amide bonds. The van der Waals surface area contributed by atoms with Gasteiger partial charge in [-0.05, 0) is 30.7 Å². The van der Waals surface area contributed by atoms with E-state index in [0.29, 0.717) is 10.9 Å². The molecule has 0 radical (unpaired) electrons. The van der Waals surface area contributed by atoms with Crippen LogP contribution in [0.5, 0.6) is 0 Å². The number of alkyl halides is 3. The molecule has 0 aliphatic carbocycles. The SMILES string of the molecule is Cc1ccc2cc(C(CC(=O)O)C(F)(F)F)ccc2n1. The van der Waals surface area contributed by atoms with Crippen molar-refractivity contribution in [3.05, 3.63) is 41.6 Å². The summed E-state index contributed by atoms with van der Waals surface area (Å²) in [5.74, 6) is -3.49. The van der Waals surface area contributed by atoms with Gasteiger partial charge >= 0.3 is 12.1 Å². The van der Waals surface area contributed by atoms with Crippen LogP contribution in [-0.4, -0.2) is 22.2 Å². The molecule has 20 heavy (non-hydrogen) atoms. The van der Waals surface area contributed by atoms with Crippen LogP contribution >= 0.6 is 0 Å². The molecule has 3 nitrogen and oxygen atoms in total. The number of aryl methyl sites for hydroxylation is 1. The quantitative estimate of drug-likeness (QED) is 0.935. The molecule has 2 rings (SSSR count). The minimum absolute atomic E-state index is 0.0574. The van der Waals surface area contributed by atoms with Gasteiger partial charge in [0.15, 0.2) is 0 Å². The maximum absolute atomic E-state index is 13.0. The molecular weight excluding hydrogens is 271 g/mol. The first-order chi connectivity index (χ1) is 9.27. The van der Waals surface area contributed by atoms with Crippen molar-refractivity contribution in [2.24, 2.45) is 0 Å². The van der Waals surface area contributed by atoms with Crippen LogP contribution in [0.3, 0.4) is 0 Å². The summed E-state index contributed by atoms with van der Waals surface area (Å²) in [4.78, 5) is 14.8.